The molecule has 4 rings (SSSR count). The van der Waals surface area contributed by atoms with Gasteiger partial charge in [-0.3, -0.25) is 14.3 Å². The Hall–Kier alpha value is -3.62. The molecular weight excluding hydrogens is 397 g/mol. The summed E-state index contributed by atoms with van der Waals surface area (Å²) in [7, 11) is 0. The van der Waals surface area contributed by atoms with Gasteiger partial charge in [-0.15, -0.1) is 0 Å². The van der Waals surface area contributed by atoms with Gasteiger partial charge in [0.1, 0.15) is 6.04 Å². The zero-order chi connectivity index (χ0) is 21.6. The fourth-order valence-corrected chi connectivity index (χ4v) is 3.52. The second kappa shape index (κ2) is 7.01. The Bertz CT molecular complexity index is 1340. The maximum atomic E-state index is 13.0. The minimum absolute atomic E-state index is 0.0455. The average molecular weight is 414 g/mol. The quantitative estimate of drug-likeness (QED) is 0.547. The highest BCUT2D eigenvalue weighted by atomic mass is 19.4. The molecular formula is C21H17F3N4O2. The smallest absolute Gasteiger partial charge is 0.324 e. The molecule has 9 heteroatoms. The van der Waals surface area contributed by atoms with Gasteiger partial charge in [-0.05, 0) is 44.2 Å². The molecule has 2 aromatic carbocycles. The first kappa shape index (κ1) is 19.7. The second-order valence-electron chi connectivity index (χ2n) is 6.98. The van der Waals surface area contributed by atoms with E-state index in [1.807, 2.05) is 0 Å². The Morgan fingerprint density at radius 2 is 1.83 bits per heavy atom. The maximum Gasteiger partial charge on any atom is 0.416 e. The van der Waals surface area contributed by atoms with Crippen LogP contribution in [0.25, 0.3) is 16.6 Å². The number of halogens is 3. The van der Waals surface area contributed by atoms with Crippen LogP contribution in [0.3, 0.4) is 0 Å². The van der Waals surface area contributed by atoms with Gasteiger partial charge >= 0.3 is 6.18 Å². The molecule has 0 fully saturated rings. The molecule has 6 nitrogen and oxygen atoms in total. The predicted octanol–water partition coefficient (Wildman–Crippen LogP) is 4.18. The Morgan fingerprint density at radius 1 is 1.10 bits per heavy atom. The Kier molecular flexibility index (Phi) is 4.60. The summed E-state index contributed by atoms with van der Waals surface area (Å²) in [6.07, 6.45) is -4.51. The van der Waals surface area contributed by atoms with Gasteiger partial charge in [0.2, 0.25) is 5.91 Å². The summed E-state index contributed by atoms with van der Waals surface area (Å²) in [4.78, 5) is 28.9. The van der Waals surface area contributed by atoms with Crippen molar-refractivity contribution in [1.82, 2.24) is 14.2 Å². The Morgan fingerprint density at radius 3 is 2.57 bits per heavy atom. The van der Waals surface area contributed by atoms with Gasteiger partial charge in [-0.2, -0.15) is 18.2 Å². The van der Waals surface area contributed by atoms with Gasteiger partial charge in [-0.25, -0.2) is 4.52 Å². The zero-order valence-corrected chi connectivity index (χ0v) is 16.1. The van der Waals surface area contributed by atoms with Gasteiger partial charge in [0.05, 0.1) is 11.1 Å². The van der Waals surface area contributed by atoms with Crippen LogP contribution in [0, 0.1) is 6.92 Å². The second-order valence-corrected chi connectivity index (χ2v) is 6.98. The van der Waals surface area contributed by atoms with E-state index >= 15 is 0 Å². The summed E-state index contributed by atoms with van der Waals surface area (Å²) in [5, 5.41) is 3.24. The van der Waals surface area contributed by atoms with Crippen molar-refractivity contribution in [3.63, 3.8) is 0 Å². The molecule has 0 aliphatic rings. The van der Waals surface area contributed by atoms with Gasteiger partial charge in [0.15, 0.2) is 5.65 Å². The number of anilines is 1. The topological polar surface area (TPSA) is 68.4 Å². The molecule has 0 saturated heterocycles. The highest BCUT2D eigenvalue weighted by Crippen LogP contribution is 2.31. The summed E-state index contributed by atoms with van der Waals surface area (Å²) in [6.45, 7) is 3.36. The van der Waals surface area contributed by atoms with E-state index in [1.54, 1.807) is 47.3 Å². The molecule has 0 spiro atoms. The number of carbonyl (C=O) groups is 1. The molecule has 4 aromatic rings. The molecule has 0 bridgehead atoms. The first-order chi connectivity index (χ1) is 14.2. The monoisotopic (exact) mass is 414 g/mol. The lowest BCUT2D eigenvalue weighted by atomic mass is 10.2. The predicted molar refractivity (Wildman–Crippen MR) is 106 cm³/mol. The normalized spacial score (nSPS) is 13.0. The van der Waals surface area contributed by atoms with Crippen molar-refractivity contribution in [2.45, 2.75) is 26.1 Å². The number of para-hydroxylation sites is 1. The number of carbonyl (C=O) groups excluding carboxylic acids is 1. The number of hydrogen-bond acceptors (Lipinski definition) is 3. The lowest BCUT2D eigenvalue weighted by Crippen LogP contribution is -2.27. The number of alkyl halides is 3. The molecule has 0 saturated carbocycles. The number of rotatable bonds is 3. The molecule has 2 heterocycles. The van der Waals surface area contributed by atoms with E-state index in [0.29, 0.717) is 22.2 Å². The summed E-state index contributed by atoms with van der Waals surface area (Å²) < 4.78 is 42.2. The van der Waals surface area contributed by atoms with Gasteiger partial charge < -0.3 is 5.32 Å². The van der Waals surface area contributed by atoms with E-state index in [1.165, 1.54) is 18.2 Å². The molecule has 2 aromatic heterocycles. The minimum atomic E-state index is -4.51. The lowest BCUT2D eigenvalue weighted by Gasteiger charge is -2.18. The van der Waals surface area contributed by atoms with Gasteiger partial charge in [0, 0.05) is 22.8 Å². The standard InChI is InChI=1S/C21H17F3N4O2/c1-12-10-18(29)26-19-16-8-3-4-9-17(16)28(27(12)19)13(2)20(30)25-15-7-5-6-14(11-15)21(22,23)24/h3-11,13H,1-2H3,(H,25,30)/t13-/m1/s1. The SMILES string of the molecule is Cc1cc(=O)nc2c3ccccc3n([C@H](C)C(=O)Nc3cccc(C(F)(F)F)c3)n12. The number of hydrogen-bond donors (Lipinski definition) is 1. The first-order valence-electron chi connectivity index (χ1n) is 9.14. The highest BCUT2D eigenvalue weighted by molar-refractivity contribution is 5.97. The molecule has 0 aliphatic heterocycles. The molecule has 0 radical (unpaired) electrons. The van der Waals surface area contributed by atoms with E-state index in [2.05, 4.69) is 10.3 Å². The van der Waals surface area contributed by atoms with Crippen molar-refractivity contribution in [3.05, 3.63) is 76.2 Å². The third kappa shape index (κ3) is 3.32. The van der Waals surface area contributed by atoms with E-state index in [-0.39, 0.29) is 5.69 Å². The summed E-state index contributed by atoms with van der Waals surface area (Å²) in [6, 6.07) is 12.2. The van der Waals surface area contributed by atoms with Gasteiger partial charge in [-0.1, -0.05) is 18.2 Å². The summed E-state index contributed by atoms with van der Waals surface area (Å²) >= 11 is 0. The van der Waals surface area contributed by atoms with Crippen molar-refractivity contribution in [2.75, 3.05) is 5.32 Å². The number of amides is 1. The van der Waals surface area contributed by atoms with Crippen molar-refractivity contribution >= 4 is 28.1 Å². The molecule has 154 valence electrons. The first-order valence-corrected chi connectivity index (χ1v) is 9.14. The van der Waals surface area contributed by atoms with Crippen LogP contribution < -0.4 is 10.9 Å². The lowest BCUT2D eigenvalue weighted by molar-refractivity contribution is -0.137. The van der Waals surface area contributed by atoms with E-state index in [4.69, 9.17) is 0 Å². The van der Waals surface area contributed by atoms with Crippen molar-refractivity contribution < 1.29 is 18.0 Å². The van der Waals surface area contributed by atoms with Crippen LogP contribution in [-0.4, -0.2) is 20.1 Å². The molecule has 0 aliphatic carbocycles. The maximum absolute atomic E-state index is 13.0. The average Bonchev–Trinajstić information content (AvgIpc) is 3.01. The third-order valence-electron chi connectivity index (χ3n) is 4.89. The van der Waals surface area contributed by atoms with Crippen LogP contribution in [0.5, 0.6) is 0 Å². The number of benzene rings is 2. The van der Waals surface area contributed by atoms with Crippen molar-refractivity contribution in [1.29, 1.82) is 0 Å². The van der Waals surface area contributed by atoms with Crippen LogP contribution >= 0.6 is 0 Å². The van der Waals surface area contributed by atoms with Crippen molar-refractivity contribution in [3.8, 4) is 0 Å². The molecule has 0 unspecified atom stereocenters. The minimum Gasteiger partial charge on any atom is -0.324 e. The third-order valence-corrected chi connectivity index (χ3v) is 4.89. The van der Waals surface area contributed by atoms with Crippen LogP contribution in [0.2, 0.25) is 0 Å². The molecule has 1 N–H and O–H groups in total. The van der Waals surface area contributed by atoms with Crippen molar-refractivity contribution in [2.24, 2.45) is 0 Å². The Labute approximate surface area is 168 Å². The van der Waals surface area contributed by atoms with Crippen LogP contribution in [0.1, 0.15) is 24.2 Å². The summed E-state index contributed by atoms with van der Waals surface area (Å²) in [5.74, 6) is -0.505. The van der Waals surface area contributed by atoms with E-state index in [9.17, 15) is 22.8 Å². The van der Waals surface area contributed by atoms with Crippen LogP contribution in [0.15, 0.2) is 59.4 Å². The Balaban J connectivity index is 1.79. The van der Waals surface area contributed by atoms with E-state index in [0.717, 1.165) is 12.1 Å². The van der Waals surface area contributed by atoms with E-state index < -0.39 is 29.2 Å². The number of nitrogens with zero attached hydrogens (tertiary/aromatic N) is 3. The van der Waals surface area contributed by atoms with Crippen LogP contribution in [-0.2, 0) is 11.0 Å². The highest BCUT2D eigenvalue weighted by Gasteiger charge is 2.31. The fourth-order valence-electron chi connectivity index (χ4n) is 3.52. The number of nitrogens with one attached hydrogen (secondary N) is 1. The molecule has 1 amide bonds. The van der Waals surface area contributed by atoms with Crippen LogP contribution in [0.4, 0.5) is 18.9 Å². The largest absolute Gasteiger partial charge is 0.416 e. The number of aryl methyl sites for hydroxylation is 1. The molecule has 1 atom stereocenters. The zero-order valence-electron chi connectivity index (χ0n) is 16.1. The fraction of sp³-hybridized carbons (Fsp3) is 0.190. The number of aromatic nitrogens is 3. The summed E-state index contributed by atoms with van der Waals surface area (Å²) in [5.41, 5.74) is 0.474. The number of fused-ring (bicyclic) bond motifs is 3. The molecule has 30 heavy (non-hydrogen) atoms. The van der Waals surface area contributed by atoms with Gasteiger partial charge in [0.25, 0.3) is 5.56 Å².